The molecule has 2 rings (SSSR count). The van der Waals surface area contributed by atoms with Crippen molar-refractivity contribution in [2.75, 3.05) is 0 Å². The van der Waals surface area contributed by atoms with E-state index in [1.54, 1.807) is 7.05 Å². The Hall–Kier alpha value is -2.15. The van der Waals surface area contributed by atoms with Crippen molar-refractivity contribution in [3.8, 4) is 0 Å². The summed E-state index contributed by atoms with van der Waals surface area (Å²) in [5, 5.41) is 3.85. The van der Waals surface area contributed by atoms with Gasteiger partial charge in [-0.2, -0.15) is 18.3 Å². The number of hydrogen-bond donors (Lipinski definition) is 1. The molecule has 0 amide bonds. The molecular formula is C13H12F3N3O. The minimum Gasteiger partial charge on any atom is -0.317 e. The third kappa shape index (κ3) is 2.72. The minimum atomic E-state index is -4.60. The number of aryl methyl sites for hydroxylation is 1. The molecule has 0 radical (unpaired) electrons. The average molecular weight is 283 g/mol. The van der Waals surface area contributed by atoms with Gasteiger partial charge in [0.25, 0.3) is 0 Å². The number of hydrogen-bond acceptors (Lipinski definition) is 3. The maximum absolute atomic E-state index is 12.9. The monoisotopic (exact) mass is 283 g/mol. The zero-order valence-corrected chi connectivity index (χ0v) is 10.6. The summed E-state index contributed by atoms with van der Waals surface area (Å²) in [7, 11) is 1.63. The first-order chi connectivity index (χ1) is 9.30. The molecule has 0 saturated heterocycles. The second kappa shape index (κ2) is 5.09. The Bertz CT molecular complexity index is 634. The molecule has 0 aliphatic carbocycles. The Kier molecular flexibility index (Phi) is 3.63. The van der Waals surface area contributed by atoms with Crippen molar-refractivity contribution in [1.29, 1.82) is 0 Å². The topological polar surface area (TPSA) is 60.9 Å². The van der Waals surface area contributed by atoms with E-state index in [0.717, 1.165) is 12.1 Å². The third-order valence-corrected chi connectivity index (χ3v) is 2.86. The van der Waals surface area contributed by atoms with Crippen LogP contribution in [-0.4, -0.2) is 15.6 Å². The van der Waals surface area contributed by atoms with Gasteiger partial charge in [-0.25, -0.2) is 0 Å². The molecule has 4 nitrogen and oxygen atoms in total. The van der Waals surface area contributed by atoms with Crippen LogP contribution in [0, 0.1) is 0 Å². The van der Waals surface area contributed by atoms with Crippen LogP contribution < -0.4 is 5.73 Å². The Morgan fingerprint density at radius 3 is 2.55 bits per heavy atom. The number of aromatic nitrogens is 2. The quantitative estimate of drug-likeness (QED) is 0.879. The summed E-state index contributed by atoms with van der Waals surface area (Å²) in [5.41, 5.74) is 4.68. The zero-order chi connectivity index (χ0) is 14.9. The summed E-state index contributed by atoms with van der Waals surface area (Å²) in [5.74, 6) is -0.786. The molecule has 1 aromatic heterocycles. The Labute approximate surface area is 113 Å². The lowest BCUT2D eigenvalue weighted by molar-refractivity contribution is -0.137. The molecular weight excluding hydrogens is 271 g/mol. The van der Waals surface area contributed by atoms with E-state index in [4.69, 9.17) is 5.73 Å². The second-order valence-corrected chi connectivity index (χ2v) is 4.33. The number of ketones is 1. The molecule has 0 aliphatic heterocycles. The van der Waals surface area contributed by atoms with Gasteiger partial charge >= 0.3 is 6.18 Å². The molecule has 1 unspecified atom stereocenters. The molecule has 7 heteroatoms. The molecule has 0 bridgehead atoms. The number of benzene rings is 1. The van der Waals surface area contributed by atoms with Crippen LogP contribution >= 0.6 is 0 Å². The average Bonchev–Trinajstić information content (AvgIpc) is 2.83. The number of halogens is 3. The fraction of sp³-hybridized carbons (Fsp3) is 0.231. The Balaban J connectivity index is 2.39. The molecule has 106 valence electrons. The lowest BCUT2D eigenvalue weighted by atomic mass is 9.96. The second-order valence-electron chi connectivity index (χ2n) is 4.33. The Morgan fingerprint density at radius 1 is 1.35 bits per heavy atom. The fourth-order valence-corrected chi connectivity index (χ4v) is 1.86. The van der Waals surface area contributed by atoms with Gasteiger partial charge in [0.2, 0.25) is 0 Å². The molecule has 0 spiro atoms. The molecule has 2 N–H and O–H groups in total. The van der Waals surface area contributed by atoms with Crippen LogP contribution in [0.4, 0.5) is 13.2 Å². The lowest BCUT2D eigenvalue weighted by Gasteiger charge is -2.14. The SMILES string of the molecule is Cn1cc(C(N)C(=O)c2ccccc2C(F)(F)F)cn1. The number of alkyl halides is 3. The molecule has 20 heavy (non-hydrogen) atoms. The Morgan fingerprint density at radius 2 is 2.00 bits per heavy atom. The smallest absolute Gasteiger partial charge is 0.317 e. The van der Waals surface area contributed by atoms with E-state index in [-0.39, 0.29) is 0 Å². The molecule has 1 aromatic carbocycles. The van der Waals surface area contributed by atoms with Crippen LogP contribution in [0.3, 0.4) is 0 Å². The van der Waals surface area contributed by atoms with E-state index >= 15 is 0 Å². The first kappa shape index (κ1) is 14.3. The van der Waals surface area contributed by atoms with Crippen molar-refractivity contribution in [1.82, 2.24) is 9.78 Å². The highest BCUT2D eigenvalue weighted by molar-refractivity contribution is 6.01. The molecule has 0 saturated carbocycles. The predicted molar refractivity (Wildman–Crippen MR) is 65.9 cm³/mol. The van der Waals surface area contributed by atoms with Crippen LogP contribution in [0.15, 0.2) is 36.7 Å². The number of Topliss-reactive ketones (excluding diaryl/α,β-unsaturated/α-hetero) is 1. The molecule has 2 aromatic rings. The van der Waals surface area contributed by atoms with Gasteiger partial charge in [-0.3, -0.25) is 9.48 Å². The third-order valence-electron chi connectivity index (χ3n) is 2.86. The van der Waals surface area contributed by atoms with Crippen molar-refractivity contribution in [2.24, 2.45) is 12.8 Å². The summed E-state index contributed by atoms with van der Waals surface area (Å²) in [6, 6.07) is 3.42. The molecule has 0 aliphatic rings. The normalized spacial score (nSPS) is 13.2. The maximum Gasteiger partial charge on any atom is 0.417 e. The van der Waals surface area contributed by atoms with Crippen LogP contribution in [0.25, 0.3) is 0 Å². The highest BCUT2D eigenvalue weighted by Crippen LogP contribution is 2.33. The van der Waals surface area contributed by atoms with E-state index < -0.39 is 29.1 Å². The van der Waals surface area contributed by atoms with Crippen molar-refractivity contribution in [3.63, 3.8) is 0 Å². The summed E-state index contributed by atoms with van der Waals surface area (Å²) >= 11 is 0. The van der Waals surface area contributed by atoms with Gasteiger partial charge in [-0.1, -0.05) is 18.2 Å². The molecule has 1 atom stereocenters. The van der Waals surface area contributed by atoms with Gasteiger partial charge in [0, 0.05) is 24.4 Å². The number of nitrogens with zero attached hydrogens (tertiary/aromatic N) is 2. The van der Waals surface area contributed by atoms with Crippen molar-refractivity contribution in [2.45, 2.75) is 12.2 Å². The van der Waals surface area contributed by atoms with Gasteiger partial charge in [0.15, 0.2) is 5.78 Å². The van der Waals surface area contributed by atoms with Crippen LogP contribution in [0.2, 0.25) is 0 Å². The van der Waals surface area contributed by atoms with E-state index in [0.29, 0.717) is 5.56 Å². The number of carbonyl (C=O) groups excluding carboxylic acids is 1. The number of nitrogens with two attached hydrogens (primary N) is 1. The van der Waals surface area contributed by atoms with Crippen LogP contribution in [-0.2, 0) is 13.2 Å². The largest absolute Gasteiger partial charge is 0.417 e. The minimum absolute atomic E-state index is 0.370. The predicted octanol–water partition coefficient (Wildman–Crippen LogP) is 2.32. The highest BCUT2D eigenvalue weighted by atomic mass is 19.4. The fourth-order valence-electron chi connectivity index (χ4n) is 1.86. The molecule has 1 heterocycles. The van der Waals surface area contributed by atoms with Gasteiger partial charge in [0.1, 0.15) is 0 Å². The summed E-state index contributed by atoms with van der Waals surface area (Å²) in [6.07, 6.45) is -1.74. The summed E-state index contributed by atoms with van der Waals surface area (Å²) in [6.45, 7) is 0. The number of rotatable bonds is 3. The summed E-state index contributed by atoms with van der Waals surface area (Å²) < 4.78 is 40.0. The van der Waals surface area contributed by atoms with Gasteiger partial charge in [-0.15, -0.1) is 0 Å². The first-order valence-electron chi connectivity index (χ1n) is 5.75. The van der Waals surface area contributed by atoms with E-state index in [2.05, 4.69) is 5.10 Å². The van der Waals surface area contributed by atoms with E-state index in [9.17, 15) is 18.0 Å². The zero-order valence-electron chi connectivity index (χ0n) is 10.6. The van der Waals surface area contributed by atoms with E-state index in [1.807, 2.05) is 0 Å². The van der Waals surface area contributed by atoms with Crippen molar-refractivity contribution in [3.05, 3.63) is 53.3 Å². The van der Waals surface area contributed by atoms with Gasteiger partial charge < -0.3 is 5.73 Å². The van der Waals surface area contributed by atoms with E-state index in [1.165, 1.54) is 29.2 Å². The molecule has 0 fully saturated rings. The lowest BCUT2D eigenvalue weighted by Crippen LogP contribution is -2.24. The number of carbonyl (C=O) groups is 1. The van der Waals surface area contributed by atoms with Gasteiger partial charge in [-0.05, 0) is 6.07 Å². The van der Waals surface area contributed by atoms with Crippen LogP contribution in [0.1, 0.15) is 27.5 Å². The van der Waals surface area contributed by atoms with Crippen molar-refractivity contribution >= 4 is 5.78 Å². The van der Waals surface area contributed by atoms with Gasteiger partial charge in [0.05, 0.1) is 17.8 Å². The van der Waals surface area contributed by atoms with Crippen LogP contribution in [0.5, 0.6) is 0 Å². The summed E-state index contributed by atoms with van der Waals surface area (Å²) in [4.78, 5) is 12.2. The first-order valence-corrected chi connectivity index (χ1v) is 5.75. The standard InChI is InChI=1S/C13H12F3N3O/c1-19-7-8(6-18-19)11(17)12(20)9-4-2-3-5-10(9)13(14,15)16/h2-7,11H,17H2,1H3. The maximum atomic E-state index is 12.9. The van der Waals surface area contributed by atoms with Crippen molar-refractivity contribution < 1.29 is 18.0 Å². The highest BCUT2D eigenvalue weighted by Gasteiger charge is 2.36.